The van der Waals surface area contributed by atoms with Gasteiger partial charge in [-0.15, -0.1) is 0 Å². The molecule has 2 amide bonds. The predicted molar refractivity (Wildman–Crippen MR) is 136 cm³/mol. The molecule has 176 valence electrons. The molecule has 0 aliphatic carbocycles. The van der Waals surface area contributed by atoms with E-state index < -0.39 is 0 Å². The van der Waals surface area contributed by atoms with Crippen LogP contribution in [0.5, 0.6) is 0 Å². The highest BCUT2D eigenvalue weighted by Crippen LogP contribution is 2.41. The van der Waals surface area contributed by atoms with E-state index in [-0.39, 0.29) is 37.0 Å². The fourth-order valence-corrected chi connectivity index (χ4v) is 4.62. The van der Waals surface area contributed by atoms with Crippen LogP contribution in [0.25, 0.3) is 11.1 Å². The van der Waals surface area contributed by atoms with Crippen molar-refractivity contribution in [2.75, 3.05) is 23.4 Å². The monoisotopic (exact) mass is 477 g/mol. The predicted octanol–water partition coefficient (Wildman–Crippen LogP) is 5.03. The molecule has 0 spiro atoms. The lowest BCUT2D eigenvalue weighted by atomic mass is 9.88. The van der Waals surface area contributed by atoms with Crippen molar-refractivity contribution in [1.29, 1.82) is 0 Å². The second-order valence-corrected chi connectivity index (χ2v) is 8.94. The third-order valence-corrected chi connectivity index (χ3v) is 6.33. The standard InChI is InChI=1S/C27H28ClN3O3/c1-17-15-25(30-23-10-8-22(28)9-11-23)24-16-21(7-12-26(24)31(17)18(2)33)19-3-5-20(6-4-19)27(34)29-13-14-32/h3-12,16-17,25,30,32H,13-15H2,1-2H3,(H,29,34). The highest BCUT2D eigenvalue weighted by Gasteiger charge is 2.32. The Morgan fingerprint density at radius 3 is 2.35 bits per heavy atom. The molecule has 3 N–H and O–H groups in total. The number of benzene rings is 3. The molecule has 3 aromatic rings. The number of aliphatic hydroxyl groups excluding tert-OH is 1. The summed E-state index contributed by atoms with van der Waals surface area (Å²) >= 11 is 6.05. The van der Waals surface area contributed by atoms with E-state index in [1.807, 2.05) is 53.4 Å². The molecule has 0 saturated carbocycles. The van der Waals surface area contributed by atoms with E-state index in [4.69, 9.17) is 16.7 Å². The number of amides is 2. The molecule has 1 heterocycles. The van der Waals surface area contributed by atoms with Crippen LogP contribution >= 0.6 is 11.6 Å². The summed E-state index contributed by atoms with van der Waals surface area (Å²) < 4.78 is 0. The number of fused-ring (bicyclic) bond motifs is 1. The van der Waals surface area contributed by atoms with Gasteiger partial charge in [0.2, 0.25) is 5.91 Å². The van der Waals surface area contributed by atoms with Crippen LogP contribution in [0.15, 0.2) is 66.7 Å². The largest absolute Gasteiger partial charge is 0.395 e. The number of halogens is 1. The van der Waals surface area contributed by atoms with E-state index in [1.165, 1.54) is 0 Å². The molecule has 0 radical (unpaired) electrons. The topological polar surface area (TPSA) is 81.7 Å². The molecule has 3 aromatic carbocycles. The number of rotatable bonds is 6. The SMILES string of the molecule is CC(=O)N1c2ccc(-c3ccc(C(=O)NCCO)cc3)cc2C(Nc2ccc(Cl)cc2)CC1C. The summed E-state index contributed by atoms with van der Waals surface area (Å²) in [6.45, 7) is 3.79. The summed E-state index contributed by atoms with van der Waals surface area (Å²) in [6, 6.07) is 21.2. The van der Waals surface area contributed by atoms with Crippen molar-refractivity contribution in [1.82, 2.24) is 5.32 Å². The number of hydrogen-bond acceptors (Lipinski definition) is 4. The molecule has 0 saturated heterocycles. The Labute approximate surface area is 204 Å². The highest BCUT2D eigenvalue weighted by atomic mass is 35.5. The minimum absolute atomic E-state index is 0.0182. The van der Waals surface area contributed by atoms with Gasteiger partial charge in [0.25, 0.3) is 5.91 Å². The Hall–Kier alpha value is -3.35. The second-order valence-electron chi connectivity index (χ2n) is 8.51. The third-order valence-electron chi connectivity index (χ3n) is 6.08. The number of aliphatic hydroxyl groups is 1. The van der Waals surface area contributed by atoms with Gasteiger partial charge >= 0.3 is 0 Å². The van der Waals surface area contributed by atoms with Crippen molar-refractivity contribution >= 4 is 34.8 Å². The van der Waals surface area contributed by atoms with Crippen LogP contribution in [0.1, 0.15) is 42.2 Å². The van der Waals surface area contributed by atoms with Crippen LogP contribution in [0, 0.1) is 0 Å². The molecule has 2 atom stereocenters. The molecule has 6 nitrogen and oxygen atoms in total. The van der Waals surface area contributed by atoms with Crippen LogP contribution < -0.4 is 15.5 Å². The van der Waals surface area contributed by atoms with Gasteiger partial charge in [0.05, 0.1) is 12.6 Å². The Kier molecular flexibility index (Phi) is 7.20. The number of carbonyl (C=O) groups excluding carboxylic acids is 2. The van der Waals surface area contributed by atoms with E-state index in [2.05, 4.69) is 23.6 Å². The highest BCUT2D eigenvalue weighted by molar-refractivity contribution is 6.30. The average Bonchev–Trinajstić information content (AvgIpc) is 2.83. The van der Waals surface area contributed by atoms with Gasteiger partial charge < -0.3 is 20.6 Å². The van der Waals surface area contributed by atoms with Gasteiger partial charge in [-0.3, -0.25) is 9.59 Å². The van der Waals surface area contributed by atoms with E-state index in [0.29, 0.717) is 10.6 Å². The molecule has 0 aromatic heterocycles. The second kappa shape index (κ2) is 10.3. The molecule has 4 rings (SSSR count). The molecule has 34 heavy (non-hydrogen) atoms. The first-order valence-corrected chi connectivity index (χ1v) is 11.7. The van der Waals surface area contributed by atoms with Crippen molar-refractivity contribution < 1.29 is 14.7 Å². The van der Waals surface area contributed by atoms with Crippen molar-refractivity contribution in [3.63, 3.8) is 0 Å². The summed E-state index contributed by atoms with van der Waals surface area (Å²) in [7, 11) is 0. The fraction of sp³-hybridized carbons (Fsp3) is 0.259. The molecule has 1 aliphatic rings. The maximum Gasteiger partial charge on any atom is 0.251 e. The van der Waals surface area contributed by atoms with Gasteiger partial charge in [0, 0.05) is 41.5 Å². The summed E-state index contributed by atoms with van der Waals surface area (Å²) in [5, 5.41) is 15.8. The quantitative estimate of drug-likeness (QED) is 0.465. The minimum Gasteiger partial charge on any atom is -0.395 e. The van der Waals surface area contributed by atoms with Crippen LogP contribution in [0.2, 0.25) is 5.02 Å². The molecule has 2 unspecified atom stereocenters. The van der Waals surface area contributed by atoms with E-state index in [1.54, 1.807) is 19.1 Å². The van der Waals surface area contributed by atoms with E-state index in [9.17, 15) is 9.59 Å². The smallest absolute Gasteiger partial charge is 0.251 e. The number of carbonyl (C=O) groups is 2. The first-order chi connectivity index (χ1) is 16.4. The summed E-state index contributed by atoms with van der Waals surface area (Å²) in [6.07, 6.45) is 0.766. The Morgan fingerprint density at radius 1 is 1.03 bits per heavy atom. The van der Waals surface area contributed by atoms with Crippen molar-refractivity contribution in [3.8, 4) is 11.1 Å². The van der Waals surface area contributed by atoms with Crippen molar-refractivity contribution in [2.45, 2.75) is 32.4 Å². The van der Waals surface area contributed by atoms with Crippen LogP contribution in [0.4, 0.5) is 11.4 Å². The first kappa shape index (κ1) is 23.8. The zero-order valence-electron chi connectivity index (χ0n) is 19.2. The van der Waals surface area contributed by atoms with Gasteiger partial charge in [0.1, 0.15) is 0 Å². The maximum atomic E-state index is 12.4. The van der Waals surface area contributed by atoms with Crippen LogP contribution in [-0.4, -0.2) is 36.1 Å². The lowest BCUT2D eigenvalue weighted by Gasteiger charge is -2.39. The lowest BCUT2D eigenvalue weighted by molar-refractivity contribution is -0.117. The molecule has 7 heteroatoms. The zero-order valence-corrected chi connectivity index (χ0v) is 20.0. The molecule has 0 fully saturated rings. The lowest BCUT2D eigenvalue weighted by Crippen LogP contribution is -2.43. The summed E-state index contributed by atoms with van der Waals surface area (Å²) in [4.78, 5) is 26.4. The van der Waals surface area contributed by atoms with E-state index in [0.717, 1.165) is 34.5 Å². The van der Waals surface area contributed by atoms with Gasteiger partial charge in [-0.1, -0.05) is 29.8 Å². The van der Waals surface area contributed by atoms with E-state index >= 15 is 0 Å². The first-order valence-electron chi connectivity index (χ1n) is 11.3. The third kappa shape index (κ3) is 5.08. The number of nitrogens with one attached hydrogen (secondary N) is 2. The van der Waals surface area contributed by atoms with Gasteiger partial charge in [0.15, 0.2) is 0 Å². The van der Waals surface area contributed by atoms with Crippen LogP contribution in [0.3, 0.4) is 0 Å². The number of hydrogen-bond donors (Lipinski definition) is 3. The fourth-order valence-electron chi connectivity index (χ4n) is 4.49. The van der Waals surface area contributed by atoms with Gasteiger partial charge in [-0.2, -0.15) is 0 Å². The zero-order chi connectivity index (χ0) is 24.2. The Morgan fingerprint density at radius 2 is 1.71 bits per heavy atom. The van der Waals surface area contributed by atoms with Gasteiger partial charge in [-0.05, 0) is 78.6 Å². The number of anilines is 2. The number of nitrogens with zero attached hydrogens (tertiary/aromatic N) is 1. The Bertz CT molecular complexity index is 1180. The van der Waals surface area contributed by atoms with Crippen molar-refractivity contribution in [3.05, 3.63) is 82.9 Å². The average molecular weight is 478 g/mol. The molecule has 0 bridgehead atoms. The summed E-state index contributed by atoms with van der Waals surface area (Å²) in [5.74, 6) is -0.200. The minimum atomic E-state index is -0.218. The summed E-state index contributed by atoms with van der Waals surface area (Å²) in [5.41, 5.74) is 5.43. The normalized spacial score (nSPS) is 17.1. The van der Waals surface area contributed by atoms with Crippen molar-refractivity contribution in [2.24, 2.45) is 0 Å². The molecular weight excluding hydrogens is 450 g/mol. The van der Waals surface area contributed by atoms with Crippen LogP contribution in [-0.2, 0) is 4.79 Å². The van der Waals surface area contributed by atoms with Gasteiger partial charge in [-0.25, -0.2) is 0 Å². The maximum absolute atomic E-state index is 12.4. The molecular formula is C27H28ClN3O3. The molecule has 1 aliphatic heterocycles. The Balaban J connectivity index is 1.67.